The van der Waals surface area contributed by atoms with Crippen molar-refractivity contribution < 1.29 is 40.6 Å². The first-order chi connectivity index (χ1) is 18.3. The molecule has 2 bridgehead atoms. The van der Waals surface area contributed by atoms with Gasteiger partial charge in [0.2, 0.25) is 11.8 Å². The number of alkyl halides is 6. The predicted octanol–water partition coefficient (Wildman–Crippen LogP) is 5.04. The molecule has 1 N–H and O–H groups in total. The van der Waals surface area contributed by atoms with Crippen molar-refractivity contribution in [2.75, 3.05) is 31.6 Å². The minimum atomic E-state index is -5.59. The Hall–Kier alpha value is -3.31. The van der Waals surface area contributed by atoms with Crippen LogP contribution in [0.25, 0.3) is 0 Å². The molecular weight excluding hydrogens is 556 g/mol. The van der Waals surface area contributed by atoms with Crippen molar-refractivity contribution in [1.29, 1.82) is 5.26 Å². The average molecular weight is 578 g/mol. The van der Waals surface area contributed by atoms with E-state index in [1.807, 2.05) is 6.07 Å². The third-order valence-electron chi connectivity index (χ3n) is 6.66. The number of nitrogens with one attached hydrogen (secondary N) is 1. The van der Waals surface area contributed by atoms with E-state index >= 15 is 0 Å². The van der Waals surface area contributed by atoms with E-state index < -0.39 is 48.5 Å². The number of likely N-dealkylation sites (tertiary alicyclic amines) is 1. The van der Waals surface area contributed by atoms with Gasteiger partial charge in [0, 0.05) is 31.3 Å². The lowest BCUT2D eigenvalue weighted by molar-refractivity contribution is -0.285. The van der Waals surface area contributed by atoms with Crippen molar-refractivity contribution in [2.24, 2.45) is 17.8 Å². The molecule has 1 aromatic heterocycles. The molecule has 8 nitrogen and oxygen atoms in total. The smallest absolute Gasteiger partial charge is 0.400 e. The fourth-order valence-electron chi connectivity index (χ4n) is 4.64. The van der Waals surface area contributed by atoms with E-state index in [1.165, 1.54) is 12.4 Å². The average Bonchev–Trinajstić information content (AvgIpc) is 2.84. The number of fused-ring (bicyclic) bond motifs is 2. The van der Waals surface area contributed by atoms with Gasteiger partial charge < -0.3 is 19.7 Å². The summed E-state index contributed by atoms with van der Waals surface area (Å²) in [6.07, 6.45) is -12.2. The molecule has 1 aromatic carbocycles. The van der Waals surface area contributed by atoms with Crippen LogP contribution in [-0.4, -0.2) is 65.5 Å². The Morgan fingerprint density at radius 2 is 1.85 bits per heavy atom. The van der Waals surface area contributed by atoms with Crippen LogP contribution in [0.15, 0.2) is 24.5 Å². The molecule has 2 unspecified atom stereocenters. The Balaban J connectivity index is 1.47. The van der Waals surface area contributed by atoms with Crippen LogP contribution in [0.3, 0.4) is 0 Å². The van der Waals surface area contributed by atoms with E-state index in [4.69, 9.17) is 26.3 Å². The van der Waals surface area contributed by atoms with Crippen LogP contribution < -0.4 is 10.1 Å². The van der Waals surface area contributed by atoms with Crippen LogP contribution >= 0.6 is 11.6 Å². The molecule has 39 heavy (non-hydrogen) atoms. The van der Waals surface area contributed by atoms with E-state index in [2.05, 4.69) is 15.3 Å². The highest BCUT2D eigenvalue weighted by Gasteiger charge is 2.58. The SMILES string of the molecule is Cc1c(Nc2ccc(C#N)cc2Cl)ncnc1OC1C2COCC1CN(C(=O)CC(C(F)(F)F)C(F)(F)F)C2. The Morgan fingerprint density at radius 3 is 2.41 bits per heavy atom. The molecular formula is C24H22ClF6N5O3. The summed E-state index contributed by atoms with van der Waals surface area (Å²) in [5.41, 5.74) is 1.37. The summed E-state index contributed by atoms with van der Waals surface area (Å²) in [6.45, 7) is 1.64. The van der Waals surface area contributed by atoms with Crippen LogP contribution in [0.4, 0.5) is 37.8 Å². The van der Waals surface area contributed by atoms with Gasteiger partial charge in [0.1, 0.15) is 18.2 Å². The maximum atomic E-state index is 13.0. The second-order valence-electron chi connectivity index (χ2n) is 9.36. The number of hydrogen-bond acceptors (Lipinski definition) is 7. The number of halogens is 7. The highest BCUT2D eigenvalue weighted by molar-refractivity contribution is 6.33. The normalized spacial score (nSPS) is 21.4. The van der Waals surface area contributed by atoms with Gasteiger partial charge in [-0.2, -0.15) is 31.6 Å². The largest absolute Gasteiger partial charge is 0.473 e. The highest BCUT2D eigenvalue weighted by Crippen LogP contribution is 2.42. The van der Waals surface area contributed by atoms with Gasteiger partial charge >= 0.3 is 12.4 Å². The molecule has 15 heteroatoms. The number of aromatic nitrogens is 2. The van der Waals surface area contributed by atoms with Crippen LogP contribution in [0.1, 0.15) is 17.5 Å². The number of carbonyl (C=O) groups excluding carboxylic acids is 1. The van der Waals surface area contributed by atoms with Gasteiger partial charge in [0.25, 0.3) is 0 Å². The van der Waals surface area contributed by atoms with Gasteiger partial charge in [-0.05, 0) is 25.1 Å². The second-order valence-corrected chi connectivity index (χ2v) is 9.77. The van der Waals surface area contributed by atoms with Gasteiger partial charge in [-0.15, -0.1) is 0 Å². The first-order valence-electron chi connectivity index (χ1n) is 11.7. The lowest BCUT2D eigenvalue weighted by Gasteiger charge is -2.46. The summed E-state index contributed by atoms with van der Waals surface area (Å²) in [4.78, 5) is 21.9. The Labute approximate surface area is 223 Å². The van der Waals surface area contributed by atoms with E-state index in [0.29, 0.717) is 22.6 Å². The molecule has 1 amide bonds. The maximum Gasteiger partial charge on any atom is 0.400 e. The summed E-state index contributed by atoms with van der Waals surface area (Å²) in [6, 6.07) is 6.65. The van der Waals surface area contributed by atoms with Gasteiger partial charge in [0.05, 0.1) is 41.1 Å². The number of ether oxygens (including phenoxy) is 2. The van der Waals surface area contributed by atoms with Crippen molar-refractivity contribution in [3.8, 4) is 11.9 Å². The van der Waals surface area contributed by atoms with Gasteiger partial charge in [-0.1, -0.05) is 11.6 Å². The fraction of sp³-hybridized carbons (Fsp3) is 0.500. The van der Waals surface area contributed by atoms with Crippen LogP contribution in [0.5, 0.6) is 5.88 Å². The molecule has 0 spiro atoms. The van der Waals surface area contributed by atoms with E-state index in [1.54, 1.807) is 19.1 Å². The van der Waals surface area contributed by atoms with Crippen molar-refractivity contribution >= 4 is 29.0 Å². The van der Waals surface area contributed by atoms with E-state index in [9.17, 15) is 31.1 Å². The molecule has 2 aliphatic heterocycles. The summed E-state index contributed by atoms with van der Waals surface area (Å²) in [5, 5.41) is 12.3. The highest BCUT2D eigenvalue weighted by atomic mass is 35.5. The Kier molecular flexibility index (Phi) is 8.13. The number of amides is 1. The molecule has 2 fully saturated rings. The monoisotopic (exact) mass is 577 g/mol. The quantitative estimate of drug-likeness (QED) is 0.480. The number of piperidine rings is 1. The van der Waals surface area contributed by atoms with Crippen LogP contribution in [0, 0.1) is 36.0 Å². The summed E-state index contributed by atoms with van der Waals surface area (Å²) in [5.74, 6) is -5.40. The summed E-state index contributed by atoms with van der Waals surface area (Å²) >= 11 is 6.23. The molecule has 2 aromatic rings. The molecule has 4 rings (SSSR count). The number of hydrogen-bond donors (Lipinski definition) is 1. The van der Waals surface area contributed by atoms with Crippen molar-refractivity contribution in [1.82, 2.24) is 14.9 Å². The number of nitriles is 1. The first-order valence-corrected chi connectivity index (χ1v) is 12.1. The van der Waals surface area contributed by atoms with Crippen molar-refractivity contribution in [3.05, 3.63) is 40.7 Å². The standard InChI is InChI=1S/C24H22ClF6N5O3/c1-12-21(35-17-3-2-13(6-32)4-16(17)25)33-11-34-22(12)39-20-14-7-36(8-15(20)10-38-9-14)19(37)5-18(23(26,27)28)24(29,30)31/h2-4,11,14-15,18,20H,5,7-10H2,1H3,(H,33,34,35). The minimum Gasteiger partial charge on any atom is -0.473 e. The number of carbonyl (C=O) groups is 1. The van der Waals surface area contributed by atoms with Gasteiger partial charge in [-0.25, -0.2) is 9.97 Å². The van der Waals surface area contributed by atoms with Gasteiger partial charge in [-0.3, -0.25) is 4.79 Å². The van der Waals surface area contributed by atoms with Crippen molar-refractivity contribution in [3.63, 3.8) is 0 Å². The zero-order chi connectivity index (χ0) is 28.5. The molecule has 2 atom stereocenters. The van der Waals surface area contributed by atoms with E-state index in [-0.39, 0.29) is 37.2 Å². The first kappa shape index (κ1) is 28.7. The third kappa shape index (κ3) is 6.47. The number of benzene rings is 1. The fourth-order valence-corrected chi connectivity index (χ4v) is 4.87. The zero-order valence-corrected chi connectivity index (χ0v) is 21.1. The Bertz CT molecular complexity index is 1240. The third-order valence-corrected chi connectivity index (χ3v) is 6.97. The predicted molar refractivity (Wildman–Crippen MR) is 125 cm³/mol. The lowest BCUT2D eigenvalue weighted by Crippen LogP contribution is -2.59. The number of anilines is 2. The van der Waals surface area contributed by atoms with Crippen LogP contribution in [0.2, 0.25) is 5.02 Å². The summed E-state index contributed by atoms with van der Waals surface area (Å²) < 4.78 is 89.5. The van der Waals surface area contributed by atoms with E-state index in [0.717, 1.165) is 4.90 Å². The van der Waals surface area contributed by atoms with Gasteiger partial charge in [0.15, 0.2) is 5.92 Å². The Morgan fingerprint density at radius 1 is 1.21 bits per heavy atom. The minimum absolute atomic E-state index is 0.100. The zero-order valence-electron chi connectivity index (χ0n) is 20.3. The summed E-state index contributed by atoms with van der Waals surface area (Å²) in [7, 11) is 0. The molecule has 3 heterocycles. The molecule has 0 aliphatic carbocycles. The second kappa shape index (κ2) is 11.1. The lowest BCUT2D eigenvalue weighted by atomic mass is 9.84. The molecule has 2 saturated heterocycles. The van der Waals surface area contributed by atoms with Crippen molar-refractivity contribution in [2.45, 2.75) is 31.8 Å². The number of rotatable bonds is 6. The maximum absolute atomic E-state index is 13.0. The number of nitrogens with zero attached hydrogens (tertiary/aromatic N) is 4. The molecule has 0 radical (unpaired) electrons. The van der Waals surface area contributed by atoms with Crippen LogP contribution in [-0.2, 0) is 9.53 Å². The molecule has 210 valence electrons. The topological polar surface area (TPSA) is 100 Å². The molecule has 0 saturated carbocycles. The molecule has 2 aliphatic rings.